The van der Waals surface area contributed by atoms with E-state index in [1.165, 1.54) is 7.11 Å². The highest BCUT2D eigenvalue weighted by Gasteiger charge is 2.26. The first-order valence-electron chi connectivity index (χ1n) is 8.24. The van der Waals surface area contributed by atoms with Crippen LogP contribution in [0, 0.1) is 0 Å². The molecule has 0 spiro atoms. The molecule has 0 amide bonds. The topological polar surface area (TPSA) is 76.0 Å². The second kappa shape index (κ2) is 7.48. The zero-order valence-electron chi connectivity index (χ0n) is 15.2. The number of aliphatic carboxylic acids is 1. The van der Waals surface area contributed by atoms with Crippen molar-refractivity contribution in [2.24, 2.45) is 0 Å². The van der Waals surface area contributed by atoms with Gasteiger partial charge in [-0.05, 0) is 86.6 Å². The van der Waals surface area contributed by atoms with E-state index < -0.39 is 5.97 Å². The maximum Gasteiger partial charge on any atom is 0.307 e. The van der Waals surface area contributed by atoms with Crippen LogP contribution in [-0.4, -0.2) is 30.4 Å². The van der Waals surface area contributed by atoms with E-state index in [4.69, 9.17) is 9.47 Å². The molecule has 0 bridgehead atoms. The number of aromatic hydroxyl groups is 1. The van der Waals surface area contributed by atoms with Crippen LogP contribution in [0.5, 0.6) is 17.2 Å². The molecule has 5 nitrogen and oxygen atoms in total. The summed E-state index contributed by atoms with van der Waals surface area (Å²) in [5, 5.41) is 19.3. The lowest BCUT2D eigenvalue weighted by Crippen LogP contribution is -1.97. The van der Waals surface area contributed by atoms with Gasteiger partial charge in [0.1, 0.15) is 5.75 Å². The number of benzene rings is 2. The summed E-state index contributed by atoms with van der Waals surface area (Å²) in [6, 6.07) is 9.18. The number of allylic oxidation sites excluding steroid dienone is 2. The van der Waals surface area contributed by atoms with E-state index in [1.54, 1.807) is 19.2 Å². The Morgan fingerprint density at radius 2 is 1.89 bits per heavy atom. The molecule has 1 aliphatic rings. The SMILES string of the molecule is COc1ccc2c(c1)C(CC(=O)O)=C(C)/C2=C/c1cc(Br)c(O)c(OC)c1. The van der Waals surface area contributed by atoms with Gasteiger partial charge in [0, 0.05) is 0 Å². The number of phenols is 1. The van der Waals surface area contributed by atoms with Gasteiger partial charge in [0.25, 0.3) is 0 Å². The van der Waals surface area contributed by atoms with Crippen molar-refractivity contribution in [1.29, 1.82) is 0 Å². The van der Waals surface area contributed by atoms with E-state index >= 15 is 0 Å². The number of halogens is 1. The number of methoxy groups -OCH3 is 2. The first kappa shape index (κ1) is 19.0. The van der Waals surface area contributed by atoms with Crippen LogP contribution in [-0.2, 0) is 4.79 Å². The van der Waals surface area contributed by atoms with Crippen molar-refractivity contribution in [2.45, 2.75) is 13.3 Å². The molecule has 0 unspecified atom stereocenters. The lowest BCUT2D eigenvalue weighted by atomic mass is 10.00. The van der Waals surface area contributed by atoms with Gasteiger partial charge in [0.05, 0.1) is 25.1 Å². The van der Waals surface area contributed by atoms with Gasteiger partial charge >= 0.3 is 5.97 Å². The maximum absolute atomic E-state index is 11.4. The van der Waals surface area contributed by atoms with Crippen molar-refractivity contribution in [3.8, 4) is 17.2 Å². The van der Waals surface area contributed by atoms with Crippen LogP contribution in [0.15, 0.2) is 40.4 Å². The molecule has 2 N–H and O–H groups in total. The minimum Gasteiger partial charge on any atom is -0.503 e. The highest BCUT2D eigenvalue weighted by atomic mass is 79.9. The molecule has 140 valence electrons. The summed E-state index contributed by atoms with van der Waals surface area (Å²) in [5.41, 5.74) is 5.25. The predicted octanol–water partition coefficient (Wildman–Crippen LogP) is 4.97. The number of hydrogen-bond donors (Lipinski definition) is 2. The molecule has 0 saturated heterocycles. The second-order valence-electron chi connectivity index (χ2n) is 6.20. The number of hydrogen-bond acceptors (Lipinski definition) is 4. The smallest absolute Gasteiger partial charge is 0.307 e. The molecule has 3 rings (SSSR count). The third-order valence-electron chi connectivity index (χ3n) is 4.61. The zero-order chi connectivity index (χ0) is 19.7. The molecule has 0 heterocycles. The van der Waals surface area contributed by atoms with Gasteiger partial charge in [0.2, 0.25) is 0 Å². The number of carbonyl (C=O) groups is 1. The number of carboxylic acid groups (broad SMARTS) is 1. The Labute approximate surface area is 165 Å². The number of rotatable bonds is 5. The molecule has 0 aliphatic heterocycles. The highest BCUT2D eigenvalue weighted by molar-refractivity contribution is 9.10. The van der Waals surface area contributed by atoms with Gasteiger partial charge in [0.15, 0.2) is 11.5 Å². The lowest BCUT2D eigenvalue weighted by molar-refractivity contribution is -0.135. The zero-order valence-corrected chi connectivity index (χ0v) is 16.8. The highest BCUT2D eigenvalue weighted by Crippen LogP contribution is 2.45. The molecule has 1 aliphatic carbocycles. The Kier molecular flexibility index (Phi) is 5.28. The largest absolute Gasteiger partial charge is 0.503 e. The van der Waals surface area contributed by atoms with E-state index in [-0.39, 0.29) is 12.2 Å². The lowest BCUT2D eigenvalue weighted by Gasteiger charge is -2.09. The van der Waals surface area contributed by atoms with Crippen LogP contribution in [0.2, 0.25) is 0 Å². The summed E-state index contributed by atoms with van der Waals surface area (Å²) >= 11 is 3.33. The van der Waals surface area contributed by atoms with Crippen molar-refractivity contribution < 1.29 is 24.5 Å². The van der Waals surface area contributed by atoms with Crippen molar-refractivity contribution in [3.05, 3.63) is 57.1 Å². The summed E-state index contributed by atoms with van der Waals surface area (Å²) in [5.74, 6) is 0.194. The first-order chi connectivity index (χ1) is 12.8. The summed E-state index contributed by atoms with van der Waals surface area (Å²) in [4.78, 5) is 11.4. The van der Waals surface area contributed by atoms with Gasteiger partial charge in [-0.2, -0.15) is 0 Å². The monoisotopic (exact) mass is 430 g/mol. The first-order valence-corrected chi connectivity index (χ1v) is 9.04. The van der Waals surface area contributed by atoms with Crippen molar-refractivity contribution in [2.75, 3.05) is 14.2 Å². The van der Waals surface area contributed by atoms with Gasteiger partial charge in [-0.1, -0.05) is 6.07 Å². The fraction of sp³-hybridized carbons (Fsp3) is 0.190. The number of fused-ring (bicyclic) bond motifs is 1. The quantitative estimate of drug-likeness (QED) is 0.699. The van der Waals surface area contributed by atoms with Crippen LogP contribution in [0.25, 0.3) is 17.2 Å². The molecule has 6 heteroatoms. The summed E-state index contributed by atoms with van der Waals surface area (Å²) < 4.78 is 11.0. The Morgan fingerprint density at radius 1 is 1.15 bits per heavy atom. The molecule has 27 heavy (non-hydrogen) atoms. The third kappa shape index (κ3) is 3.57. The molecular weight excluding hydrogens is 412 g/mol. The third-order valence-corrected chi connectivity index (χ3v) is 5.21. The molecule has 0 aromatic heterocycles. The summed E-state index contributed by atoms with van der Waals surface area (Å²) in [6.45, 7) is 1.92. The average Bonchev–Trinajstić information content (AvgIpc) is 2.89. The fourth-order valence-electron chi connectivity index (χ4n) is 3.27. The molecule has 2 aromatic rings. The van der Waals surface area contributed by atoms with E-state index in [2.05, 4.69) is 15.9 Å². The van der Waals surface area contributed by atoms with Crippen LogP contribution in [0.1, 0.15) is 30.0 Å². The number of phenolic OH excluding ortho intramolecular Hbond substituents is 1. The molecule has 0 atom stereocenters. The van der Waals surface area contributed by atoms with Crippen LogP contribution < -0.4 is 9.47 Å². The Hall–Kier alpha value is -2.73. The van der Waals surface area contributed by atoms with Gasteiger partial charge in [-0.25, -0.2) is 0 Å². The minimum absolute atomic E-state index is 0.0371. The summed E-state index contributed by atoms with van der Waals surface area (Å²) in [6.07, 6.45) is 1.90. The molecule has 0 radical (unpaired) electrons. The number of ether oxygens (including phenoxy) is 2. The van der Waals surface area contributed by atoms with Crippen molar-refractivity contribution in [3.63, 3.8) is 0 Å². The van der Waals surface area contributed by atoms with E-state index in [9.17, 15) is 15.0 Å². The predicted molar refractivity (Wildman–Crippen MR) is 108 cm³/mol. The Morgan fingerprint density at radius 3 is 2.52 bits per heavy atom. The van der Waals surface area contributed by atoms with Crippen LogP contribution >= 0.6 is 15.9 Å². The van der Waals surface area contributed by atoms with E-state index in [0.29, 0.717) is 16.0 Å². The Bertz CT molecular complexity index is 988. The Balaban J connectivity index is 2.19. The van der Waals surface area contributed by atoms with Crippen LogP contribution in [0.3, 0.4) is 0 Å². The molecule has 0 fully saturated rings. The normalized spacial score (nSPS) is 14.4. The molecular formula is C21H19BrO5. The van der Waals surface area contributed by atoms with Crippen LogP contribution in [0.4, 0.5) is 0 Å². The van der Waals surface area contributed by atoms with E-state index in [0.717, 1.165) is 33.4 Å². The van der Waals surface area contributed by atoms with Gasteiger partial charge in [-0.3, -0.25) is 4.79 Å². The second-order valence-corrected chi connectivity index (χ2v) is 7.05. The maximum atomic E-state index is 11.4. The molecule has 2 aromatic carbocycles. The standard InChI is InChI=1S/C21H19BrO5/c1-11-15(6-12-7-18(22)21(25)19(8-12)27-3)14-5-4-13(26-2)9-17(14)16(11)10-20(23)24/h4-9,25H,10H2,1-3H3,(H,23,24)/b15-6-. The van der Waals surface area contributed by atoms with Gasteiger partial charge in [-0.15, -0.1) is 0 Å². The van der Waals surface area contributed by atoms with Crippen molar-refractivity contribution in [1.82, 2.24) is 0 Å². The fourth-order valence-corrected chi connectivity index (χ4v) is 3.73. The minimum atomic E-state index is -0.881. The average molecular weight is 431 g/mol. The molecule has 0 saturated carbocycles. The van der Waals surface area contributed by atoms with Gasteiger partial charge < -0.3 is 19.7 Å². The van der Waals surface area contributed by atoms with E-state index in [1.807, 2.05) is 31.2 Å². The van der Waals surface area contributed by atoms with Crippen molar-refractivity contribution >= 4 is 39.1 Å². The summed E-state index contributed by atoms with van der Waals surface area (Å²) in [7, 11) is 3.08. The number of carboxylic acids is 1.